The lowest BCUT2D eigenvalue weighted by molar-refractivity contribution is -0.929. The van der Waals surface area contributed by atoms with Gasteiger partial charge in [0.15, 0.2) is 0 Å². The molecule has 368 valence electrons. The van der Waals surface area contributed by atoms with Crippen molar-refractivity contribution in [3.05, 3.63) is 89.5 Å². The average Bonchev–Trinajstić information content (AvgIpc) is 3.31. The normalized spacial score (nSPS) is 11.6. The summed E-state index contributed by atoms with van der Waals surface area (Å²) in [5.41, 5.74) is 2.07. The highest BCUT2D eigenvalue weighted by Crippen LogP contribution is 2.31. The molecule has 0 spiro atoms. The van der Waals surface area contributed by atoms with Gasteiger partial charge in [-0.05, 0) is 104 Å². The van der Waals surface area contributed by atoms with Crippen LogP contribution in [0.15, 0.2) is 72.8 Å². The van der Waals surface area contributed by atoms with Gasteiger partial charge in [-0.3, -0.25) is 0 Å². The minimum absolute atomic E-state index is 0.465. The van der Waals surface area contributed by atoms with Crippen molar-refractivity contribution in [2.75, 3.05) is 47.5 Å². The highest BCUT2D eigenvalue weighted by atomic mass is 16.6. The number of quaternary nitrogens is 1. The van der Waals surface area contributed by atoms with Crippen molar-refractivity contribution in [3.8, 4) is 17.2 Å². The highest BCUT2D eigenvalue weighted by Gasteiger charge is 2.36. The van der Waals surface area contributed by atoms with E-state index in [0.717, 1.165) is 33.9 Å². The van der Waals surface area contributed by atoms with E-state index in [1.807, 2.05) is 72.8 Å². The number of ether oxygens (including phenoxy) is 3. The van der Waals surface area contributed by atoms with Crippen LogP contribution < -0.4 is 14.2 Å². The summed E-state index contributed by atoms with van der Waals surface area (Å²) in [6.45, 7) is 15.3. The van der Waals surface area contributed by atoms with E-state index in [9.17, 15) is 10.0 Å². The van der Waals surface area contributed by atoms with Crippen LogP contribution in [0.3, 0.4) is 0 Å². The first-order valence-electron chi connectivity index (χ1n) is 26.5. The fourth-order valence-electron chi connectivity index (χ4n) is 9.46. The Labute approximate surface area is 400 Å². The molecule has 0 aliphatic carbocycles. The molecule has 0 radical (unpaired) electrons. The van der Waals surface area contributed by atoms with Gasteiger partial charge in [-0.2, -0.15) is 0 Å². The molecule has 3 aromatic rings. The Morgan fingerprint density at radius 2 is 0.600 bits per heavy atom. The van der Waals surface area contributed by atoms with Crippen LogP contribution in [-0.2, 0) is 23.9 Å². The molecule has 0 aliphatic heterocycles. The van der Waals surface area contributed by atoms with Gasteiger partial charge in [0.25, 0.3) is 0 Å². The molecular weight excluding hydrogens is 805 g/mol. The van der Waals surface area contributed by atoms with Crippen molar-refractivity contribution < 1.29 is 33.4 Å². The van der Waals surface area contributed by atoms with Gasteiger partial charge in [0.2, 0.25) is 0 Å². The number of nitrogens with zero attached hydrogens (tertiary/aromatic N) is 1. The van der Waals surface area contributed by atoms with E-state index in [2.05, 4.69) is 27.7 Å². The smallest absolute Gasteiger partial charge is 0.497 e. The number of methoxy groups -OCH3 is 3. The second-order valence-corrected chi connectivity index (χ2v) is 19.0. The fourth-order valence-corrected chi connectivity index (χ4v) is 9.46. The zero-order valence-electron chi connectivity index (χ0n) is 42.9. The van der Waals surface area contributed by atoms with Crippen LogP contribution in [0, 0.1) is 0 Å². The lowest BCUT2D eigenvalue weighted by atomic mass is 9.81. The third-order valence-corrected chi connectivity index (χ3v) is 13.4. The van der Waals surface area contributed by atoms with Crippen LogP contribution in [0.4, 0.5) is 0 Å². The van der Waals surface area contributed by atoms with Crippen molar-refractivity contribution in [3.63, 3.8) is 0 Å². The van der Waals surface area contributed by atoms with Crippen LogP contribution in [0.5, 0.6) is 17.2 Å². The van der Waals surface area contributed by atoms with Crippen molar-refractivity contribution in [1.29, 1.82) is 0 Å². The Morgan fingerprint density at radius 1 is 0.369 bits per heavy atom. The van der Waals surface area contributed by atoms with Gasteiger partial charge < -0.3 is 33.4 Å². The molecule has 2 N–H and O–H groups in total. The third-order valence-electron chi connectivity index (χ3n) is 13.4. The van der Waals surface area contributed by atoms with Gasteiger partial charge in [0, 0.05) is 19.3 Å². The van der Waals surface area contributed by atoms with E-state index in [1.165, 1.54) is 185 Å². The van der Waals surface area contributed by atoms with Gasteiger partial charge in [-0.25, -0.2) is 0 Å². The maximum Gasteiger partial charge on any atom is 0.634 e. The lowest BCUT2D eigenvalue weighted by Gasteiger charge is -2.40. The maximum atomic E-state index is 9.84. The SMILES string of the molecule is CCCCCCCC[N+](CCCCCCCC)(CCCCCCCC)CCCCCCCC.COc1ccc(CC(Cc2ccc(OC)cc2)(Cc2ccc(OC)cc2)OB(O)O)cc1. The molecule has 0 aromatic heterocycles. The van der Waals surface area contributed by atoms with Crippen LogP contribution in [-0.4, -0.2) is 75.0 Å². The van der Waals surface area contributed by atoms with Gasteiger partial charge in [-0.1, -0.05) is 167 Å². The topological polar surface area (TPSA) is 77.4 Å². The van der Waals surface area contributed by atoms with Crippen molar-refractivity contribution >= 4 is 7.32 Å². The predicted octanol–water partition coefficient (Wildman–Crippen LogP) is 14.7. The van der Waals surface area contributed by atoms with E-state index in [4.69, 9.17) is 18.9 Å². The molecule has 3 aromatic carbocycles. The standard InChI is InChI=1S/C32H68N.C25H29BO6/c1-5-9-13-17-21-25-29-33(30-26-22-18-14-10-6-2,31-27-23-19-15-11-7-3)32-28-24-20-16-12-8-4;1-29-22-10-4-19(5-11-22)16-25(32-26(27)28,17-20-6-12-23(30-2)13-7-20)18-21-8-14-24(31-3)15-9-21/h5-32H2,1-4H3;4-15,27-28H,16-18H2,1-3H3/q+1;. The first-order valence-corrected chi connectivity index (χ1v) is 26.5. The lowest BCUT2D eigenvalue weighted by Crippen LogP contribution is -2.50. The van der Waals surface area contributed by atoms with Crippen molar-refractivity contribution in [2.24, 2.45) is 0 Å². The summed E-state index contributed by atoms with van der Waals surface area (Å²) in [5.74, 6) is 2.27. The summed E-state index contributed by atoms with van der Waals surface area (Å²) in [6.07, 6.45) is 36.2. The second kappa shape index (κ2) is 37.0. The molecule has 0 saturated carbocycles. The number of benzene rings is 3. The third kappa shape index (κ3) is 26.8. The molecular formula is C57H97BNO6+. The zero-order chi connectivity index (χ0) is 47.3. The summed E-state index contributed by atoms with van der Waals surface area (Å²) >= 11 is 0. The molecule has 8 heteroatoms. The maximum absolute atomic E-state index is 9.84. The second-order valence-electron chi connectivity index (χ2n) is 19.0. The van der Waals surface area contributed by atoms with E-state index >= 15 is 0 Å². The van der Waals surface area contributed by atoms with Gasteiger partial charge in [-0.15, -0.1) is 0 Å². The minimum Gasteiger partial charge on any atom is -0.497 e. The molecule has 0 unspecified atom stereocenters. The van der Waals surface area contributed by atoms with Gasteiger partial charge >= 0.3 is 7.32 Å². The summed E-state index contributed by atoms with van der Waals surface area (Å²) in [5, 5.41) is 19.7. The molecule has 0 amide bonds. The van der Waals surface area contributed by atoms with Crippen molar-refractivity contribution in [1.82, 2.24) is 0 Å². The molecule has 0 bridgehead atoms. The van der Waals surface area contributed by atoms with Crippen molar-refractivity contribution in [2.45, 2.75) is 207 Å². The zero-order valence-corrected chi connectivity index (χ0v) is 42.9. The molecule has 0 saturated heterocycles. The first-order chi connectivity index (χ1) is 31.7. The van der Waals surface area contributed by atoms with E-state index in [-0.39, 0.29) is 0 Å². The van der Waals surface area contributed by atoms with E-state index < -0.39 is 12.9 Å². The molecule has 3 rings (SSSR count). The Hall–Kier alpha value is -3.04. The summed E-state index contributed by atoms with van der Waals surface area (Å²) < 4.78 is 23.1. The quantitative estimate of drug-likeness (QED) is 0.0337. The Bertz CT molecular complexity index is 1330. The van der Waals surface area contributed by atoms with Crippen LogP contribution in [0.1, 0.15) is 198 Å². The van der Waals surface area contributed by atoms with Crippen LogP contribution in [0.2, 0.25) is 0 Å². The summed E-state index contributed by atoms with van der Waals surface area (Å²) in [6, 6.07) is 23.1. The predicted molar refractivity (Wildman–Crippen MR) is 277 cm³/mol. The van der Waals surface area contributed by atoms with Crippen LogP contribution in [0.25, 0.3) is 0 Å². The Balaban J connectivity index is 0.000000447. The Kier molecular flexibility index (Phi) is 33.1. The average molecular weight is 903 g/mol. The summed E-state index contributed by atoms with van der Waals surface area (Å²) in [4.78, 5) is 0. The number of hydrogen-bond acceptors (Lipinski definition) is 6. The van der Waals surface area contributed by atoms with Gasteiger partial charge in [0.05, 0.1) is 53.1 Å². The molecule has 0 atom stereocenters. The Morgan fingerprint density at radius 3 is 0.815 bits per heavy atom. The molecule has 0 heterocycles. The van der Waals surface area contributed by atoms with E-state index in [1.54, 1.807) is 21.3 Å². The van der Waals surface area contributed by atoms with E-state index in [0.29, 0.717) is 19.3 Å². The largest absolute Gasteiger partial charge is 0.634 e. The monoisotopic (exact) mass is 903 g/mol. The fraction of sp³-hybridized carbons (Fsp3) is 0.684. The highest BCUT2D eigenvalue weighted by molar-refractivity contribution is 6.32. The molecule has 0 aliphatic rings. The van der Waals surface area contributed by atoms with Crippen LogP contribution >= 0.6 is 0 Å². The number of unbranched alkanes of at least 4 members (excludes halogenated alkanes) is 20. The number of rotatable bonds is 39. The number of hydrogen-bond donors (Lipinski definition) is 2. The molecule has 7 nitrogen and oxygen atoms in total. The molecule has 65 heavy (non-hydrogen) atoms. The van der Waals surface area contributed by atoms with Gasteiger partial charge in [0.1, 0.15) is 17.2 Å². The molecule has 0 fully saturated rings. The minimum atomic E-state index is -1.91. The summed E-state index contributed by atoms with van der Waals surface area (Å²) in [7, 11) is 2.96. The first kappa shape index (κ1) is 58.1.